The van der Waals surface area contributed by atoms with E-state index < -0.39 is 5.60 Å². The zero-order chi connectivity index (χ0) is 13.1. The van der Waals surface area contributed by atoms with Gasteiger partial charge in [-0.1, -0.05) is 13.8 Å². The number of nitrogens with one attached hydrogen (secondary N) is 1. The molecule has 0 saturated carbocycles. The molecule has 1 aliphatic heterocycles. The van der Waals surface area contributed by atoms with Crippen molar-refractivity contribution < 1.29 is 14.6 Å². The standard InChI is InChI=1S/C13H25NO3/c1-12(2,10-7-5-6-8-17-10)9-14-11(15)13(3,4)16/h10,16H,5-9H2,1-4H3,(H,14,15). The van der Waals surface area contributed by atoms with E-state index in [0.717, 1.165) is 19.4 Å². The largest absolute Gasteiger partial charge is 0.381 e. The highest BCUT2D eigenvalue weighted by atomic mass is 16.5. The van der Waals surface area contributed by atoms with Crippen molar-refractivity contribution in [2.45, 2.75) is 58.7 Å². The highest BCUT2D eigenvalue weighted by Gasteiger charge is 2.33. The fraction of sp³-hybridized carbons (Fsp3) is 0.923. The maximum atomic E-state index is 11.6. The van der Waals surface area contributed by atoms with Crippen LogP contribution in [0.1, 0.15) is 47.0 Å². The minimum absolute atomic E-state index is 0.0959. The van der Waals surface area contributed by atoms with Gasteiger partial charge in [0.05, 0.1) is 6.10 Å². The Labute approximate surface area is 104 Å². The van der Waals surface area contributed by atoms with Gasteiger partial charge < -0.3 is 15.2 Å². The lowest BCUT2D eigenvalue weighted by molar-refractivity contribution is -0.137. The molecule has 0 aliphatic carbocycles. The lowest BCUT2D eigenvalue weighted by atomic mass is 9.82. The van der Waals surface area contributed by atoms with Crippen LogP contribution in [-0.2, 0) is 9.53 Å². The Morgan fingerprint density at radius 2 is 2.00 bits per heavy atom. The van der Waals surface area contributed by atoms with Crippen LogP contribution in [0.25, 0.3) is 0 Å². The van der Waals surface area contributed by atoms with Crippen molar-refractivity contribution in [3.05, 3.63) is 0 Å². The molecule has 0 radical (unpaired) electrons. The van der Waals surface area contributed by atoms with Crippen LogP contribution in [0, 0.1) is 5.41 Å². The van der Waals surface area contributed by atoms with Crippen LogP contribution >= 0.6 is 0 Å². The Morgan fingerprint density at radius 1 is 1.35 bits per heavy atom. The van der Waals surface area contributed by atoms with Crippen LogP contribution in [0.4, 0.5) is 0 Å². The van der Waals surface area contributed by atoms with Gasteiger partial charge in [-0.25, -0.2) is 0 Å². The third-order valence-corrected chi connectivity index (χ3v) is 3.31. The average Bonchev–Trinajstić information content (AvgIpc) is 2.26. The summed E-state index contributed by atoms with van der Waals surface area (Å²) in [6.45, 7) is 8.51. The van der Waals surface area contributed by atoms with Crippen molar-refractivity contribution in [1.82, 2.24) is 5.32 Å². The van der Waals surface area contributed by atoms with Crippen molar-refractivity contribution in [3.63, 3.8) is 0 Å². The maximum absolute atomic E-state index is 11.6. The molecule has 2 N–H and O–H groups in total. The van der Waals surface area contributed by atoms with Crippen molar-refractivity contribution in [2.75, 3.05) is 13.2 Å². The van der Waals surface area contributed by atoms with Crippen LogP contribution in [0.3, 0.4) is 0 Å². The highest BCUT2D eigenvalue weighted by Crippen LogP contribution is 2.29. The van der Waals surface area contributed by atoms with E-state index in [-0.39, 0.29) is 17.4 Å². The van der Waals surface area contributed by atoms with Crippen LogP contribution in [0.2, 0.25) is 0 Å². The molecule has 1 amide bonds. The normalized spacial score (nSPS) is 22.3. The monoisotopic (exact) mass is 243 g/mol. The smallest absolute Gasteiger partial charge is 0.251 e. The summed E-state index contributed by atoms with van der Waals surface area (Å²) in [4.78, 5) is 11.6. The Bertz CT molecular complexity index is 262. The van der Waals surface area contributed by atoms with E-state index in [9.17, 15) is 9.90 Å². The summed E-state index contributed by atoms with van der Waals surface area (Å²) >= 11 is 0. The molecule has 0 aromatic heterocycles. The summed E-state index contributed by atoms with van der Waals surface area (Å²) in [7, 11) is 0. The topological polar surface area (TPSA) is 58.6 Å². The van der Waals surface area contributed by atoms with Gasteiger partial charge in [0.1, 0.15) is 5.60 Å². The number of carbonyl (C=O) groups is 1. The number of ether oxygens (including phenoxy) is 1. The second-order valence-corrected chi connectivity index (χ2v) is 6.09. The van der Waals surface area contributed by atoms with E-state index in [4.69, 9.17) is 4.74 Å². The van der Waals surface area contributed by atoms with Crippen LogP contribution in [0.15, 0.2) is 0 Å². The SMILES string of the molecule is CC(C)(O)C(=O)NCC(C)(C)C1CCCCO1. The molecule has 0 aromatic rings. The van der Waals surface area contributed by atoms with E-state index in [1.807, 2.05) is 0 Å². The Balaban J connectivity index is 2.46. The van der Waals surface area contributed by atoms with Crippen LogP contribution < -0.4 is 5.32 Å². The van der Waals surface area contributed by atoms with Gasteiger partial charge in [-0.2, -0.15) is 0 Å². The van der Waals surface area contributed by atoms with Gasteiger partial charge in [0.2, 0.25) is 0 Å². The zero-order valence-corrected chi connectivity index (χ0v) is 11.4. The number of hydrogen-bond donors (Lipinski definition) is 2. The lowest BCUT2D eigenvalue weighted by Crippen LogP contribution is -2.49. The maximum Gasteiger partial charge on any atom is 0.251 e. The van der Waals surface area contributed by atoms with Gasteiger partial charge in [-0.15, -0.1) is 0 Å². The van der Waals surface area contributed by atoms with Crippen molar-refractivity contribution in [3.8, 4) is 0 Å². The quantitative estimate of drug-likeness (QED) is 0.786. The molecule has 100 valence electrons. The molecule has 4 nitrogen and oxygen atoms in total. The molecule has 1 fully saturated rings. The van der Waals surface area contributed by atoms with Gasteiger partial charge in [-0.3, -0.25) is 4.79 Å². The second-order valence-electron chi connectivity index (χ2n) is 6.09. The molecule has 1 aliphatic rings. The first-order chi connectivity index (χ1) is 7.73. The summed E-state index contributed by atoms with van der Waals surface area (Å²) < 4.78 is 5.75. The minimum atomic E-state index is -1.32. The number of hydrogen-bond acceptors (Lipinski definition) is 3. The van der Waals surface area contributed by atoms with Gasteiger partial charge >= 0.3 is 0 Å². The van der Waals surface area contributed by atoms with Gasteiger partial charge in [0.25, 0.3) is 5.91 Å². The molecule has 1 rings (SSSR count). The van der Waals surface area contributed by atoms with Gasteiger partial charge in [0.15, 0.2) is 0 Å². The van der Waals surface area contributed by atoms with E-state index >= 15 is 0 Å². The molecule has 0 spiro atoms. The van der Waals surface area contributed by atoms with E-state index in [1.165, 1.54) is 20.3 Å². The van der Waals surface area contributed by atoms with E-state index in [2.05, 4.69) is 19.2 Å². The molecular formula is C13H25NO3. The number of aliphatic hydroxyl groups is 1. The highest BCUT2D eigenvalue weighted by molar-refractivity contribution is 5.83. The summed E-state index contributed by atoms with van der Waals surface area (Å²) in [5, 5.41) is 12.3. The Kier molecular flexibility index (Phi) is 4.55. The Hall–Kier alpha value is -0.610. The predicted molar refractivity (Wildman–Crippen MR) is 66.7 cm³/mol. The fourth-order valence-electron chi connectivity index (χ4n) is 2.00. The predicted octanol–water partition coefficient (Wildman–Crippen LogP) is 1.47. The number of carbonyl (C=O) groups excluding carboxylic acids is 1. The first kappa shape index (κ1) is 14.5. The van der Waals surface area contributed by atoms with Crippen LogP contribution in [0.5, 0.6) is 0 Å². The van der Waals surface area contributed by atoms with Gasteiger partial charge in [0, 0.05) is 18.6 Å². The average molecular weight is 243 g/mol. The molecule has 17 heavy (non-hydrogen) atoms. The second kappa shape index (κ2) is 5.36. The third-order valence-electron chi connectivity index (χ3n) is 3.31. The van der Waals surface area contributed by atoms with Crippen molar-refractivity contribution >= 4 is 5.91 Å². The first-order valence-corrected chi connectivity index (χ1v) is 6.36. The summed E-state index contributed by atoms with van der Waals surface area (Å²) in [6.07, 6.45) is 3.56. The molecule has 1 atom stereocenters. The van der Waals surface area contributed by atoms with Crippen LogP contribution in [-0.4, -0.2) is 35.9 Å². The summed E-state index contributed by atoms with van der Waals surface area (Å²) in [5.41, 5.74) is -1.41. The molecule has 4 heteroatoms. The molecule has 0 aromatic carbocycles. The molecule has 1 saturated heterocycles. The third kappa shape index (κ3) is 4.28. The molecule has 1 heterocycles. The number of rotatable bonds is 4. The summed E-state index contributed by atoms with van der Waals surface area (Å²) in [5.74, 6) is -0.332. The Morgan fingerprint density at radius 3 is 2.47 bits per heavy atom. The van der Waals surface area contributed by atoms with Crippen molar-refractivity contribution in [1.29, 1.82) is 0 Å². The molecular weight excluding hydrogens is 218 g/mol. The lowest BCUT2D eigenvalue weighted by Gasteiger charge is -2.37. The molecule has 1 unspecified atom stereocenters. The van der Waals surface area contributed by atoms with Crippen molar-refractivity contribution in [2.24, 2.45) is 5.41 Å². The number of amides is 1. The first-order valence-electron chi connectivity index (χ1n) is 6.36. The van der Waals surface area contributed by atoms with E-state index in [0.29, 0.717) is 6.54 Å². The fourth-order valence-corrected chi connectivity index (χ4v) is 2.00. The molecule has 0 bridgehead atoms. The zero-order valence-electron chi connectivity index (χ0n) is 11.4. The minimum Gasteiger partial charge on any atom is -0.381 e. The van der Waals surface area contributed by atoms with E-state index in [1.54, 1.807) is 0 Å². The summed E-state index contributed by atoms with van der Waals surface area (Å²) in [6, 6.07) is 0. The van der Waals surface area contributed by atoms with Gasteiger partial charge in [-0.05, 0) is 33.1 Å².